The van der Waals surface area contributed by atoms with E-state index in [1.165, 1.54) is 11.3 Å². The molecule has 0 bridgehead atoms. The number of thiophene rings is 1. The Kier molecular flexibility index (Phi) is 4.73. The second kappa shape index (κ2) is 5.62. The van der Waals surface area contributed by atoms with Crippen molar-refractivity contribution in [3.63, 3.8) is 0 Å². The van der Waals surface area contributed by atoms with Crippen molar-refractivity contribution < 1.29 is 0 Å². The van der Waals surface area contributed by atoms with E-state index in [-0.39, 0.29) is 0 Å². The van der Waals surface area contributed by atoms with Crippen molar-refractivity contribution in [2.75, 3.05) is 19.8 Å². The van der Waals surface area contributed by atoms with E-state index < -0.39 is 0 Å². The first-order valence-electron chi connectivity index (χ1n) is 4.09. The third-order valence-corrected chi connectivity index (χ3v) is 4.00. The first-order chi connectivity index (χ1) is 5.88. The molecule has 0 aliphatic rings. The van der Waals surface area contributed by atoms with Crippen LogP contribution in [0, 0.1) is 0 Å². The molecule has 0 aromatic carbocycles. The molecular formula is C9H15NS2. The molecule has 3 heteroatoms. The Balaban J connectivity index is 2.45. The predicted molar refractivity (Wildman–Crippen MR) is 59.1 cm³/mol. The smallest absolute Gasteiger partial charge is 0.0400 e. The highest BCUT2D eigenvalue weighted by molar-refractivity contribution is 7.98. The molecule has 0 fully saturated rings. The Bertz CT molecular complexity index is 196. The molecule has 12 heavy (non-hydrogen) atoms. The predicted octanol–water partition coefficient (Wildman–Crippen LogP) is 2.76. The van der Waals surface area contributed by atoms with E-state index in [1.807, 2.05) is 30.1 Å². The zero-order valence-electron chi connectivity index (χ0n) is 7.54. The molecule has 1 N–H and O–H groups in total. The van der Waals surface area contributed by atoms with Crippen molar-refractivity contribution in [2.24, 2.45) is 0 Å². The summed E-state index contributed by atoms with van der Waals surface area (Å²) in [6, 6.07) is 4.35. The molecule has 68 valence electrons. The fraction of sp³-hybridized carbons (Fsp3) is 0.556. The lowest BCUT2D eigenvalue weighted by Crippen LogP contribution is -2.10. The Morgan fingerprint density at radius 3 is 3.00 bits per heavy atom. The molecule has 1 unspecified atom stereocenters. The van der Waals surface area contributed by atoms with Gasteiger partial charge in [0.15, 0.2) is 0 Å². The van der Waals surface area contributed by atoms with Gasteiger partial charge in [0.05, 0.1) is 0 Å². The van der Waals surface area contributed by atoms with Crippen LogP contribution >= 0.6 is 23.1 Å². The summed E-state index contributed by atoms with van der Waals surface area (Å²) in [5.74, 6) is 0. The average Bonchev–Trinajstić information content (AvgIpc) is 2.59. The van der Waals surface area contributed by atoms with Crippen molar-refractivity contribution in [3.8, 4) is 0 Å². The molecule has 0 spiro atoms. The van der Waals surface area contributed by atoms with Gasteiger partial charge in [-0.25, -0.2) is 0 Å². The van der Waals surface area contributed by atoms with Crippen LogP contribution in [0.5, 0.6) is 0 Å². The van der Waals surface area contributed by atoms with Gasteiger partial charge in [0.1, 0.15) is 0 Å². The topological polar surface area (TPSA) is 12.0 Å². The summed E-state index contributed by atoms with van der Waals surface area (Å²) in [5.41, 5.74) is 0. The van der Waals surface area contributed by atoms with Crippen molar-refractivity contribution in [3.05, 3.63) is 22.4 Å². The molecule has 1 aromatic heterocycles. The first-order valence-corrected chi connectivity index (χ1v) is 6.26. The molecule has 0 aliphatic carbocycles. The summed E-state index contributed by atoms with van der Waals surface area (Å²) in [6.45, 7) is 1.10. The largest absolute Gasteiger partial charge is 0.320 e. The highest BCUT2D eigenvalue weighted by Crippen LogP contribution is 2.32. The monoisotopic (exact) mass is 201 g/mol. The van der Waals surface area contributed by atoms with Crippen molar-refractivity contribution >= 4 is 23.1 Å². The Hall–Kier alpha value is 0.01000. The molecule has 1 atom stereocenters. The molecule has 0 aliphatic heterocycles. The third-order valence-electron chi connectivity index (χ3n) is 1.80. The van der Waals surface area contributed by atoms with Crippen LogP contribution in [0.15, 0.2) is 17.5 Å². The molecule has 0 saturated carbocycles. The minimum Gasteiger partial charge on any atom is -0.320 e. The average molecular weight is 201 g/mol. The zero-order chi connectivity index (χ0) is 8.81. The molecule has 1 heterocycles. The highest BCUT2D eigenvalue weighted by Gasteiger charge is 2.09. The maximum atomic E-state index is 3.19. The minimum absolute atomic E-state index is 0.678. The fourth-order valence-electron chi connectivity index (χ4n) is 1.13. The summed E-state index contributed by atoms with van der Waals surface area (Å²) < 4.78 is 0. The Labute approximate surface area is 82.6 Å². The fourth-order valence-corrected chi connectivity index (χ4v) is 2.99. The van der Waals surface area contributed by atoms with Gasteiger partial charge in [0.25, 0.3) is 0 Å². The van der Waals surface area contributed by atoms with Gasteiger partial charge in [-0.2, -0.15) is 11.8 Å². The second-order valence-corrected chi connectivity index (χ2v) is 4.65. The van der Waals surface area contributed by atoms with Gasteiger partial charge in [0, 0.05) is 10.1 Å². The molecule has 0 saturated heterocycles. The van der Waals surface area contributed by atoms with Crippen molar-refractivity contribution in [2.45, 2.75) is 11.7 Å². The molecule has 1 rings (SSSR count). The summed E-state index contributed by atoms with van der Waals surface area (Å²) in [6.07, 6.45) is 3.40. The standard InChI is InChI=1S/C9H15NS2/c1-10-6-5-8(11-2)9-4-3-7-12-9/h3-4,7-8,10H,5-6H2,1-2H3. The second-order valence-electron chi connectivity index (χ2n) is 2.63. The van der Waals surface area contributed by atoms with Crippen molar-refractivity contribution in [1.82, 2.24) is 5.32 Å². The number of hydrogen-bond donors (Lipinski definition) is 1. The van der Waals surface area contributed by atoms with E-state index in [0.29, 0.717) is 5.25 Å². The number of hydrogen-bond acceptors (Lipinski definition) is 3. The van der Waals surface area contributed by atoms with Crippen LogP contribution in [-0.2, 0) is 0 Å². The Morgan fingerprint density at radius 2 is 2.50 bits per heavy atom. The number of thioether (sulfide) groups is 1. The molecule has 1 aromatic rings. The summed E-state index contributed by atoms with van der Waals surface area (Å²) in [7, 11) is 2.01. The van der Waals surface area contributed by atoms with E-state index in [1.54, 1.807) is 0 Å². The molecule has 0 radical (unpaired) electrons. The minimum atomic E-state index is 0.678. The van der Waals surface area contributed by atoms with E-state index in [4.69, 9.17) is 0 Å². The lowest BCUT2D eigenvalue weighted by molar-refractivity contribution is 0.721. The van der Waals surface area contributed by atoms with Crippen LogP contribution < -0.4 is 5.32 Å². The zero-order valence-corrected chi connectivity index (χ0v) is 9.17. The van der Waals surface area contributed by atoms with Crippen molar-refractivity contribution in [1.29, 1.82) is 0 Å². The number of rotatable bonds is 5. The normalized spacial score (nSPS) is 13.2. The molecular weight excluding hydrogens is 186 g/mol. The van der Waals surface area contributed by atoms with E-state index in [2.05, 4.69) is 29.1 Å². The van der Waals surface area contributed by atoms with Gasteiger partial charge < -0.3 is 5.32 Å². The van der Waals surface area contributed by atoms with Crippen LogP contribution in [0.3, 0.4) is 0 Å². The summed E-state index contributed by atoms with van der Waals surface area (Å²) >= 11 is 3.80. The lowest BCUT2D eigenvalue weighted by Gasteiger charge is -2.11. The summed E-state index contributed by atoms with van der Waals surface area (Å²) in [4.78, 5) is 1.50. The summed E-state index contributed by atoms with van der Waals surface area (Å²) in [5, 5.41) is 6.01. The van der Waals surface area contributed by atoms with E-state index >= 15 is 0 Å². The van der Waals surface area contributed by atoms with Gasteiger partial charge in [0.2, 0.25) is 0 Å². The SMILES string of the molecule is CNCCC(SC)c1cccs1. The first kappa shape index (κ1) is 10.1. The van der Waals surface area contributed by atoms with Gasteiger partial charge in [-0.15, -0.1) is 11.3 Å². The Morgan fingerprint density at radius 1 is 1.67 bits per heavy atom. The quantitative estimate of drug-likeness (QED) is 0.786. The third kappa shape index (κ3) is 2.81. The van der Waals surface area contributed by atoms with Gasteiger partial charge >= 0.3 is 0 Å². The van der Waals surface area contributed by atoms with E-state index in [0.717, 1.165) is 6.54 Å². The highest BCUT2D eigenvalue weighted by atomic mass is 32.2. The van der Waals surface area contributed by atoms with Gasteiger partial charge in [-0.05, 0) is 37.7 Å². The molecule has 0 amide bonds. The van der Waals surface area contributed by atoms with E-state index in [9.17, 15) is 0 Å². The van der Waals surface area contributed by atoms with Crippen LogP contribution in [0.4, 0.5) is 0 Å². The van der Waals surface area contributed by atoms with Crippen LogP contribution in [0.25, 0.3) is 0 Å². The van der Waals surface area contributed by atoms with Crippen LogP contribution in [0.1, 0.15) is 16.5 Å². The maximum Gasteiger partial charge on any atom is 0.0400 e. The van der Waals surface area contributed by atoms with Crippen LogP contribution in [-0.4, -0.2) is 19.8 Å². The molecule has 1 nitrogen and oxygen atoms in total. The van der Waals surface area contributed by atoms with Gasteiger partial charge in [-0.1, -0.05) is 6.07 Å². The maximum absolute atomic E-state index is 3.19. The van der Waals surface area contributed by atoms with Gasteiger partial charge in [-0.3, -0.25) is 0 Å². The van der Waals surface area contributed by atoms with Crippen LogP contribution in [0.2, 0.25) is 0 Å². The lowest BCUT2D eigenvalue weighted by atomic mass is 10.2. The number of nitrogens with one attached hydrogen (secondary N) is 1.